The van der Waals surface area contributed by atoms with Crippen LogP contribution in [0.4, 0.5) is 5.69 Å². The van der Waals surface area contributed by atoms with E-state index in [-0.39, 0.29) is 4.90 Å². The number of nitrogens with zero attached hydrogens (tertiary/aromatic N) is 1. The minimum Gasteiger partial charge on any atom is -0.451 e. The molecule has 162 valence electrons. The zero-order valence-electron chi connectivity index (χ0n) is 17.0. The number of carbonyl (C=O) groups excluding carboxylic acids is 2. The fourth-order valence-corrected chi connectivity index (χ4v) is 6.24. The van der Waals surface area contributed by atoms with Crippen LogP contribution in [0, 0.1) is 6.92 Å². The summed E-state index contributed by atoms with van der Waals surface area (Å²) >= 11 is 1.33. The summed E-state index contributed by atoms with van der Waals surface area (Å²) in [5.74, 6) is -1.10. The second-order valence-electron chi connectivity index (χ2n) is 7.32. The van der Waals surface area contributed by atoms with Gasteiger partial charge in [0.15, 0.2) is 6.61 Å². The van der Waals surface area contributed by atoms with Crippen molar-refractivity contribution in [1.29, 1.82) is 0 Å². The summed E-state index contributed by atoms with van der Waals surface area (Å²) in [4.78, 5) is 25.3. The van der Waals surface area contributed by atoms with Gasteiger partial charge in [-0.15, -0.1) is 11.3 Å². The van der Waals surface area contributed by atoms with Gasteiger partial charge in [-0.25, -0.2) is 13.2 Å². The zero-order chi connectivity index (χ0) is 22.0. The molecule has 0 spiro atoms. The van der Waals surface area contributed by atoms with Gasteiger partial charge in [-0.1, -0.05) is 24.3 Å². The fraction of sp³-hybridized carbons (Fsp3) is 0.273. The molecule has 2 heterocycles. The van der Waals surface area contributed by atoms with Crippen LogP contribution in [0.2, 0.25) is 0 Å². The van der Waals surface area contributed by atoms with Gasteiger partial charge in [0.05, 0.1) is 4.90 Å². The van der Waals surface area contributed by atoms with Crippen molar-refractivity contribution in [2.45, 2.75) is 24.7 Å². The predicted molar refractivity (Wildman–Crippen MR) is 120 cm³/mol. The van der Waals surface area contributed by atoms with Crippen LogP contribution >= 0.6 is 11.3 Å². The highest BCUT2D eigenvalue weighted by molar-refractivity contribution is 7.89. The van der Waals surface area contributed by atoms with E-state index in [0.29, 0.717) is 23.7 Å². The van der Waals surface area contributed by atoms with E-state index in [1.165, 1.54) is 27.8 Å². The Morgan fingerprint density at radius 3 is 2.58 bits per heavy atom. The van der Waals surface area contributed by atoms with Crippen LogP contribution in [0.25, 0.3) is 10.1 Å². The van der Waals surface area contributed by atoms with Crippen molar-refractivity contribution < 1.29 is 22.7 Å². The van der Waals surface area contributed by atoms with Gasteiger partial charge in [0.2, 0.25) is 10.0 Å². The van der Waals surface area contributed by atoms with Gasteiger partial charge < -0.3 is 10.1 Å². The molecule has 0 saturated carbocycles. The standard InChI is InChI=1S/C22H22N2O5S2/c1-15-18-9-2-3-10-19(18)30-21(15)22(26)29-14-20(25)23-16-7-6-8-17(13-16)31(27,28)24-11-4-5-12-24/h2-3,6-10,13H,4-5,11-12,14H2,1H3,(H,23,25). The molecule has 1 amide bonds. The van der Waals surface area contributed by atoms with E-state index in [2.05, 4.69) is 5.32 Å². The largest absolute Gasteiger partial charge is 0.451 e. The molecule has 1 N–H and O–H groups in total. The Kier molecular flexibility index (Phi) is 6.08. The van der Waals surface area contributed by atoms with Gasteiger partial charge in [0.1, 0.15) is 4.88 Å². The normalized spacial score (nSPS) is 14.6. The maximum absolute atomic E-state index is 12.7. The molecule has 0 bridgehead atoms. The van der Waals surface area contributed by atoms with Crippen LogP contribution in [0.5, 0.6) is 0 Å². The Balaban J connectivity index is 1.40. The van der Waals surface area contributed by atoms with E-state index in [4.69, 9.17) is 4.74 Å². The van der Waals surface area contributed by atoms with Crippen molar-refractivity contribution in [2.75, 3.05) is 25.0 Å². The number of amides is 1. The van der Waals surface area contributed by atoms with Gasteiger partial charge in [0, 0.05) is 23.5 Å². The number of fused-ring (bicyclic) bond motifs is 1. The number of anilines is 1. The molecule has 1 saturated heterocycles. The van der Waals surface area contributed by atoms with Gasteiger partial charge in [-0.3, -0.25) is 4.79 Å². The maximum Gasteiger partial charge on any atom is 0.349 e. The van der Waals surface area contributed by atoms with Crippen molar-refractivity contribution in [3.05, 3.63) is 59.0 Å². The van der Waals surface area contributed by atoms with E-state index in [1.807, 2.05) is 31.2 Å². The Morgan fingerprint density at radius 1 is 1.10 bits per heavy atom. The Labute approximate surface area is 184 Å². The lowest BCUT2D eigenvalue weighted by Crippen LogP contribution is -2.28. The van der Waals surface area contributed by atoms with Crippen molar-refractivity contribution >= 4 is 49.0 Å². The Bertz CT molecular complexity index is 1240. The smallest absolute Gasteiger partial charge is 0.349 e. The van der Waals surface area contributed by atoms with E-state index in [0.717, 1.165) is 28.5 Å². The highest BCUT2D eigenvalue weighted by atomic mass is 32.2. The van der Waals surface area contributed by atoms with E-state index < -0.39 is 28.5 Å². The van der Waals surface area contributed by atoms with Crippen LogP contribution < -0.4 is 5.32 Å². The summed E-state index contributed by atoms with van der Waals surface area (Å²) in [5, 5.41) is 3.58. The van der Waals surface area contributed by atoms with Crippen LogP contribution in [0.15, 0.2) is 53.4 Å². The summed E-state index contributed by atoms with van der Waals surface area (Å²) in [7, 11) is -3.58. The van der Waals surface area contributed by atoms with Crippen molar-refractivity contribution in [3.63, 3.8) is 0 Å². The molecule has 1 aliphatic heterocycles. The molecule has 1 aliphatic rings. The molecule has 0 unspecified atom stereocenters. The molecular formula is C22H22N2O5S2. The lowest BCUT2D eigenvalue weighted by Gasteiger charge is -2.16. The fourth-order valence-electron chi connectivity index (χ4n) is 3.57. The quantitative estimate of drug-likeness (QED) is 0.568. The lowest BCUT2D eigenvalue weighted by molar-refractivity contribution is -0.119. The minimum absolute atomic E-state index is 0.130. The van der Waals surface area contributed by atoms with Gasteiger partial charge >= 0.3 is 5.97 Å². The number of esters is 1. The molecule has 0 atom stereocenters. The molecule has 3 aromatic rings. The highest BCUT2D eigenvalue weighted by Crippen LogP contribution is 2.31. The third-order valence-electron chi connectivity index (χ3n) is 5.18. The number of benzene rings is 2. The van der Waals surface area contributed by atoms with Gasteiger partial charge in [-0.2, -0.15) is 4.31 Å². The second kappa shape index (κ2) is 8.78. The number of nitrogens with one attached hydrogen (secondary N) is 1. The topological polar surface area (TPSA) is 92.8 Å². The molecule has 0 radical (unpaired) electrons. The summed E-state index contributed by atoms with van der Waals surface area (Å²) in [6.07, 6.45) is 1.70. The molecule has 1 aromatic heterocycles. The first-order chi connectivity index (χ1) is 14.9. The number of sulfonamides is 1. The van der Waals surface area contributed by atoms with Crippen LogP contribution in [-0.2, 0) is 19.6 Å². The predicted octanol–water partition coefficient (Wildman–Crippen LogP) is 3.79. The maximum atomic E-state index is 12.7. The summed E-state index contributed by atoms with van der Waals surface area (Å²) in [6, 6.07) is 13.8. The first kappa shape index (κ1) is 21.5. The average Bonchev–Trinajstić information content (AvgIpc) is 3.42. The SMILES string of the molecule is Cc1c(C(=O)OCC(=O)Nc2cccc(S(=O)(=O)N3CCCC3)c2)sc2ccccc12. The third kappa shape index (κ3) is 4.48. The Morgan fingerprint density at radius 2 is 1.84 bits per heavy atom. The molecule has 1 fully saturated rings. The van der Waals surface area contributed by atoms with Crippen LogP contribution in [0.3, 0.4) is 0 Å². The molecule has 31 heavy (non-hydrogen) atoms. The number of rotatable bonds is 6. The molecule has 9 heteroatoms. The van der Waals surface area contributed by atoms with Crippen molar-refractivity contribution in [3.8, 4) is 0 Å². The number of ether oxygens (including phenoxy) is 1. The Hall–Kier alpha value is -2.75. The number of thiophene rings is 1. The average molecular weight is 459 g/mol. The first-order valence-corrected chi connectivity index (χ1v) is 12.2. The van der Waals surface area contributed by atoms with Gasteiger partial charge in [0.25, 0.3) is 5.91 Å². The molecule has 7 nitrogen and oxygen atoms in total. The third-order valence-corrected chi connectivity index (χ3v) is 8.33. The molecular weight excluding hydrogens is 436 g/mol. The summed E-state index contributed by atoms with van der Waals surface area (Å²) in [6.45, 7) is 2.40. The second-order valence-corrected chi connectivity index (χ2v) is 10.3. The van der Waals surface area contributed by atoms with Crippen molar-refractivity contribution in [2.24, 2.45) is 0 Å². The van der Waals surface area contributed by atoms with Gasteiger partial charge in [-0.05, 0) is 55.0 Å². The number of hydrogen-bond donors (Lipinski definition) is 1. The summed E-state index contributed by atoms with van der Waals surface area (Å²) in [5.41, 5.74) is 1.16. The number of aryl methyl sites for hydroxylation is 1. The first-order valence-electron chi connectivity index (χ1n) is 9.91. The lowest BCUT2D eigenvalue weighted by atomic mass is 10.1. The summed E-state index contributed by atoms with van der Waals surface area (Å²) < 4.78 is 33.0. The molecule has 2 aromatic carbocycles. The number of carbonyl (C=O) groups is 2. The van der Waals surface area contributed by atoms with Crippen LogP contribution in [0.1, 0.15) is 28.1 Å². The molecule has 0 aliphatic carbocycles. The van der Waals surface area contributed by atoms with E-state index in [1.54, 1.807) is 12.1 Å². The number of hydrogen-bond acceptors (Lipinski definition) is 6. The highest BCUT2D eigenvalue weighted by Gasteiger charge is 2.27. The van der Waals surface area contributed by atoms with E-state index in [9.17, 15) is 18.0 Å². The minimum atomic E-state index is -3.58. The van der Waals surface area contributed by atoms with Crippen molar-refractivity contribution in [1.82, 2.24) is 4.31 Å². The zero-order valence-corrected chi connectivity index (χ0v) is 18.6. The van der Waals surface area contributed by atoms with E-state index >= 15 is 0 Å². The van der Waals surface area contributed by atoms with Crippen LogP contribution in [-0.4, -0.2) is 44.3 Å². The molecule has 4 rings (SSSR count). The monoisotopic (exact) mass is 458 g/mol.